The van der Waals surface area contributed by atoms with Crippen molar-refractivity contribution in [2.24, 2.45) is 5.73 Å². The van der Waals surface area contributed by atoms with Crippen molar-refractivity contribution in [1.29, 1.82) is 0 Å². The molecule has 0 aliphatic carbocycles. The molecule has 186 valence electrons. The second kappa shape index (κ2) is 9.34. The van der Waals surface area contributed by atoms with Gasteiger partial charge < -0.3 is 25.3 Å². The molecule has 0 saturated carbocycles. The van der Waals surface area contributed by atoms with Crippen LogP contribution in [-0.4, -0.2) is 55.1 Å². The monoisotopic (exact) mass is 508 g/mol. The van der Waals surface area contributed by atoms with Crippen LogP contribution in [0.4, 0.5) is 0 Å². The molecule has 0 amide bonds. The highest BCUT2D eigenvalue weighted by Gasteiger charge is 2.52. The third kappa shape index (κ3) is 4.51. The Morgan fingerprint density at radius 3 is 2.58 bits per heavy atom. The Bertz CT molecular complexity index is 1390. The molecule has 5 rings (SSSR count). The quantitative estimate of drug-likeness (QED) is 0.381. The fraction of sp³-hybridized carbons (Fsp3) is 0.240. The molecule has 36 heavy (non-hydrogen) atoms. The largest absolute Gasteiger partial charge is 0.491 e. The molecule has 1 fully saturated rings. The van der Waals surface area contributed by atoms with E-state index in [4.69, 9.17) is 20.2 Å². The van der Waals surface area contributed by atoms with Gasteiger partial charge in [0.05, 0.1) is 24.6 Å². The van der Waals surface area contributed by atoms with E-state index in [0.29, 0.717) is 16.8 Å². The number of fused-ring (bicyclic) bond motifs is 1. The summed E-state index contributed by atoms with van der Waals surface area (Å²) in [4.78, 5) is 11.2. The lowest BCUT2D eigenvalue weighted by atomic mass is 9.79. The number of hydrogen-bond donors (Lipinski definition) is 3. The SMILES string of the molecule is NC(Cc1cccc(S(=O)(=O)N2CC(Oc3ccc4c(c3)COB4O)(c3ccccc3)C2)c1)C(=O)O. The van der Waals surface area contributed by atoms with Crippen molar-refractivity contribution in [3.63, 3.8) is 0 Å². The number of carboxylic acid groups (broad SMARTS) is 1. The third-order valence-corrected chi connectivity index (χ3v) is 8.35. The van der Waals surface area contributed by atoms with Crippen molar-refractivity contribution >= 4 is 28.6 Å². The van der Waals surface area contributed by atoms with Crippen molar-refractivity contribution in [1.82, 2.24) is 4.31 Å². The van der Waals surface area contributed by atoms with Gasteiger partial charge in [-0.2, -0.15) is 4.31 Å². The number of aliphatic carboxylic acids is 1. The Morgan fingerprint density at radius 2 is 1.86 bits per heavy atom. The maximum Gasteiger partial charge on any atom is 0.491 e. The van der Waals surface area contributed by atoms with Gasteiger partial charge in [0.15, 0.2) is 5.60 Å². The normalized spacial score (nSPS) is 17.8. The van der Waals surface area contributed by atoms with Gasteiger partial charge in [-0.15, -0.1) is 0 Å². The Morgan fingerprint density at radius 1 is 1.11 bits per heavy atom. The van der Waals surface area contributed by atoms with E-state index < -0.39 is 34.8 Å². The molecular formula is C25H25BN2O7S. The average Bonchev–Trinajstić information content (AvgIpc) is 3.21. The van der Waals surface area contributed by atoms with Crippen LogP contribution in [0.2, 0.25) is 0 Å². The number of rotatable bonds is 8. The van der Waals surface area contributed by atoms with Gasteiger partial charge in [0.1, 0.15) is 11.8 Å². The summed E-state index contributed by atoms with van der Waals surface area (Å²) < 4.78 is 39.9. The third-order valence-electron chi connectivity index (χ3n) is 6.56. The summed E-state index contributed by atoms with van der Waals surface area (Å²) in [5.74, 6) is -0.597. The standard InChI is InChI=1S/C25H25BN2O7S/c27-23(24(29)30)12-17-5-4-8-21(11-17)36(32,33)28-15-25(16-28,19-6-2-1-3-7-19)35-20-9-10-22-18(13-20)14-34-26(22)31/h1-11,13,23,31H,12,14-16,27H2,(H,29,30). The highest BCUT2D eigenvalue weighted by Crippen LogP contribution is 2.40. The highest BCUT2D eigenvalue weighted by molar-refractivity contribution is 7.89. The first-order valence-electron chi connectivity index (χ1n) is 11.4. The van der Waals surface area contributed by atoms with Gasteiger partial charge in [-0.25, -0.2) is 8.42 Å². The molecule has 1 atom stereocenters. The zero-order chi connectivity index (χ0) is 25.5. The van der Waals surface area contributed by atoms with Crippen molar-refractivity contribution in [2.75, 3.05) is 13.1 Å². The molecule has 0 radical (unpaired) electrons. The summed E-state index contributed by atoms with van der Waals surface area (Å²) in [5.41, 5.74) is 7.61. The van der Waals surface area contributed by atoms with Crippen LogP contribution in [0.25, 0.3) is 0 Å². The second-order valence-corrected chi connectivity index (χ2v) is 11.0. The van der Waals surface area contributed by atoms with Gasteiger partial charge in [0, 0.05) is 0 Å². The molecular weight excluding hydrogens is 483 g/mol. The maximum absolute atomic E-state index is 13.4. The first kappa shape index (κ1) is 24.5. The van der Waals surface area contributed by atoms with Gasteiger partial charge in [-0.3, -0.25) is 4.79 Å². The van der Waals surface area contributed by atoms with E-state index in [-0.39, 0.29) is 31.0 Å². The summed E-state index contributed by atoms with van der Waals surface area (Å²) in [5, 5.41) is 19.0. The molecule has 4 N–H and O–H groups in total. The first-order valence-corrected chi connectivity index (χ1v) is 12.9. The summed E-state index contributed by atoms with van der Waals surface area (Å²) in [6.07, 6.45) is 0.0203. The van der Waals surface area contributed by atoms with Crippen LogP contribution in [0.15, 0.2) is 77.7 Å². The summed E-state index contributed by atoms with van der Waals surface area (Å²) in [6, 6.07) is 19.8. The predicted octanol–water partition coefficient (Wildman–Crippen LogP) is 0.837. The molecule has 3 aromatic rings. The van der Waals surface area contributed by atoms with Crippen LogP contribution in [-0.2, 0) is 38.1 Å². The van der Waals surface area contributed by atoms with E-state index in [1.165, 1.54) is 16.4 Å². The highest BCUT2D eigenvalue weighted by atomic mass is 32.2. The lowest BCUT2D eigenvalue weighted by Gasteiger charge is -2.49. The van der Waals surface area contributed by atoms with Crippen LogP contribution in [0.3, 0.4) is 0 Å². The van der Waals surface area contributed by atoms with Crippen molar-refractivity contribution in [2.45, 2.75) is 29.6 Å². The van der Waals surface area contributed by atoms with Crippen LogP contribution in [0.1, 0.15) is 16.7 Å². The molecule has 0 bridgehead atoms. The van der Waals surface area contributed by atoms with E-state index in [1.807, 2.05) is 36.4 Å². The topological polar surface area (TPSA) is 139 Å². The molecule has 0 spiro atoms. The molecule has 2 heterocycles. The van der Waals surface area contributed by atoms with Gasteiger partial charge in [-0.05, 0) is 52.8 Å². The summed E-state index contributed by atoms with van der Waals surface area (Å²) in [7, 11) is -4.81. The van der Waals surface area contributed by atoms with Crippen molar-refractivity contribution in [3.8, 4) is 5.75 Å². The van der Waals surface area contributed by atoms with Gasteiger partial charge in [-0.1, -0.05) is 48.5 Å². The summed E-state index contributed by atoms with van der Waals surface area (Å²) >= 11 is 0. The Balaban J connectivity index is 1.40. The van der Waals surface area contributed by atoms with E-state index >= 15 is 0 Å². The number of benzene rings is 3. The van der Waals surface area contributed by atoms with E-state index in [2.05, 4.69) is 0 Å². The number of nitrogens with zero attached hydrogens (tertiary/aromatic N) is 1. The Labute approximate surface area is 209 Å². The molecule has 1 saturated heterocycles. The molecule has 2 aliphatic rings. The number of carboxylic acids is 1. The van der Waals surface area contributed by atoms with E-state index in [0.717, 1.165) is 11.1 Å². The molecule has 0 aromatic heterocycles. The van der Waals surface area contributed by atoms with E-state index in [9.17, 15) is 18.2 Å². The van der Waals surface area contributed by atoms with Crippen LogP contribution >= 0.6 is 0 Å². The molecule has 3 aromatic carbocycles. The first-order chi connectivity index (χ1) is 17.2. The fourth-order valence-electron chi connectivity index (χ4n) is 4.56. The van der Waals surface area contributed by atoms with Crippen LogP contribution < -0.4 is 15.9 Å². The van der Waals surface area contributed by atoms with Crippen molar-refractivity contribution < 1.29 is 32.7 Å². The number of sulfonamides is 1. The zero-order valence-corrected chi connectivity index (χ0v) is 20.1. The molecule has 9 nitrogen and oxygen atoms in total. The smallest absolute Gasteiger partial charge is 0.480 e. The zero-order valence-electron chi connectivity index (χ0n) is 19.3. The lowest BCUT2D eigenvalue weighted by Crippen LogP contribution is -2.64. The average molecular weight is 508 g/mol. The predicted molar refractivity (Wildman–Crippen MR) is 132 cm³/mol. The fourth-order valence-corrected chi connectivity index (χ4v) is 6.17. The lowest BCUT2D eigenvalue weighted by molar-refractivity contribution is -0.138. The Kier molecular flexibility index (Phi) is 6.35. The number of ether oxygens (including phenoxy) is 1. The number of nitrogens with two attached hydrogens (primary N) is 1. The second-order valence-electron chi connectivity index (χ2n) is 9.06. The van der Waals surface area contributed by atoms with Gasteiger partial charge in [0.25, 0.3) is 0 Å². The van der Waals surface area contributed by atoms with Crippen molar-refractivity contribution in [3.05, 3.63) is 89.5 Å². The molecule has 2 aliphatic heterocycles. The summed E-state index contributed by atoms with van der Waals surface area (Å²) in [6.45, 7) is 0.456. The van der Waals surface area contributed by atoms with E-state index in [1.54, 1.807) is 24.3 Å². The minimum atomic E-state index is -3.86. The maximum atomic E-state index is 13.4. The number of carbonyl (C=O) groups is 1. The molecule has 11 heteroatoms. The van der Waals surface area contributed by atoms with Crippen LogP contribution in [0, 0.1) is 0 Å². The van der Waals surface area contributed by atoms with Crippen LogP contribution in [0.5, 0.6) is 5.75 Å². The minimum absolute atomic E-state index is 0.0203. The minimum Gasteiger partial charge on any atom is -0.480 e. The number of hydrogen-bond acceptors (Lipinski definition) is 7. The van der Waals surface area contributed by atoms with Gasteiger partial charge >= 0.3 is 13.1 Å². The molecule has 1 unspecified atom stereocenters. The Hall–Kier alpha value is -3.22. The van der Waals surface area contributed by atoms with Gasteiger partial charge in [0.2, 0.25) is 10.0 Å².